The minimum Gasteiger partial charge on any atom is -0.463 e. The molecule has 7 heteroatoms. The number of carbonyl (C=O) groups is 1. The number of nitrogens with one attached hydrogen (secondary N) is 1. The van der Waals surface area contributed by atoms with Crippen LogP contribution in [0.15, 0.2) is 76.4 Å². The topological polar surface area (TPSA) is 89.3 Å². The van der Waals surface area contributed by atoms with E-state index in [4.69, 9.17) is 4.42 Å². The van der Waals surface area contributed by atoms with Gasteiger partial charge in [0.15, 0.2) is 15.6 Å². The number of aromatic nitrogens is 1. The van der Waals surface area contributed by atoms with Crippen LogP contribution in [0.5, 0.6) is 0 Å². The molecule has 0 atom stereocenters. The molecule has 1 N–H and O–H groups in total. The van der Waals surface area contributed by atoms with Gasteiger partial charge >= 0.3 is 0 Å². The van der Waals surface area contributed by atoms with E-state index in [9.17, 15) is 13.2 Å². The minimum atomic E-state index is -3.47. The summed E-state index contributed by atoms with van der Waals surface area (Å²) >= 11 is 0. The predicted octanol–water partition coefficient (Wildman–Crippen LogP) is 2.82. The summed E-state index contributed by atoms with van der Waals surface area (Å²) in [7, 11) is -3.47. The molecule has 0 unspecified atom stereocenters. The highest BCUT2D eigenvalue weighted by atomic mass is 32.2. The van der Waals surface area contributed by atoms with Crippen molar-refractivity contribution in [3.63, 3.8) is 0 Å². The fourth-order valence-corrected chi connectivity index (χ4v) is 3.73. The molecule has 0 fully saturated rings. The van der Waals surface area contributed by atoms with Gasteiger partial charge in [-0.3, -0.25) is 9.78 Å². The van der Waals surface area contributed by atoms with Crippen molar-refractivity contribution in [1.82, 2.24) is 10.3 Å². The van der Waals surface area contributed by atoms with Gasteiger partial charge in [0.2, 0.25) is 5.91 Å². The fourth-order valence-electron chi connectivity index (χ4n) is 2.47. The van der Waals surface area contributed by atoms with Gasteiger partial charge in [-0.15, -0.1) is 0 Å². The second-order valence-corrected chi connectivity index (χ2v) is 7.76. The first-order valence-corrected chi connectivity index (χ1v) is 9.74. The highest BCUT2D eigenvalue weighted by Gasteiger charge is 2.16. The smallest absolute Gasteiger partial charge is 0.221 e. The van der Waals surface area contributed by atoms with Crippen molar-refractivity contribution >= 4 is 15.7 Å². The van der Waals surface area contributed by atoms with Crippen LogP contribution in [-0.2, 0) is 21.2 Å². The summed E-state index contributed by atoms with van der Waals surface area (Å²) in [4.78, 5) is 16.6. The molecular formula is C19H18N2O4S. The van der Waals surface area contributed by atoms with Crippen LogP contribution >= 0.6 is 0 Å². The Kier molecular flexibility index (Phi) is 5.48. The average molecular weight is 370 g/mol. The third kappa shape index (κ3) is 4.37. The summed E-state index contributed by atoms with van der Waals surface area (Å²) in [5, 5.41) is 2.74. The molecule has 0 saturated heterocycles. The van der Waals surface area contributed by atoms with E-state index >= 15 is 0 Å². The van der Waals surface area contributed by atoms with Gasteiger partial charge in [-0.2, -0.15) is 0 Å². The van der Waals surface area contributed by atoms with Crippen molar-refractivity contribution < 1.29 is 17.6 Å². The van der Waals surface area contributed by atoms with E-state index in [1.165, 1.54) is 12.1 Å². The number of hydrogen-bond donors (Lipinski definition) is 1. The second-order valence-electron chi connectivity index (χ2n) is 5.65. The molecule has 1 amide bonds. The lowest BCUT2D eigenvalue weighted by atomic mass is 10.1. The van der Waals surface area contributed by atoms with E-state index in [2.05, 4.69) is 10.3 Å². The second kappa shape index (κ2) is 7.97. The maximum absolute atomic E-state index is 12.2. The molecule has 0 spiro atoms. The van der Waals surface area contributed by atoms with Gasteiger partial charge in [-0.05, 0) is 30.3 Å². The van der Waals surface area contributed by atoms with Gasteiger partial charge in [0.25, 0.3) is 0 Å². The molecule has 6 nitrogen and oxygen atoms in total. The highest BCUT2D eigenvalue weighted by molar-refractivity contribution is 7.91. The first-order valence-electron chi connectivity index (χ1n) is 8.08. The van der Waals surface area contributed by atoms with Gasteiger partial charge in [0.1, 0.15) is 5.69 Å². The normalized spacial score (nSPS) is 11.2. The number of pyridine rings is 1. The minimum absolute atomic E-state index is 0.104. The number of rotatable bonds is 7. The van der Waals surface area contributed by atoms with Crippen molar-refractivity contribution in [2.45, 2.75) is 17.9 Å². The number of nitrogens with zero attached hydrogens (tertiary/aromatic N) is 1. The maximum atomic E-state index is 12.2. The van der Waals surface area contributed by atoms with Crippen LogP contribution in [0.1, 0.15) is 12.0 Å². The molecule has 0 aliphatic carbocycles. The molecule has 2 aromatic heterocycles. The van der Waals surface area contributed by atoms with Crippen molar-refractivity contribution in [3.8, 4) is 11.5 Å². The zero-order valence-corrected chi connectivity index (χ0v) is 14.8. The summed E-state index contributed by atoms with van der Waals surface area (Å²) in [5.74, 6) is 0.0428. The van der Waals surface area contributed by atoms with E-state index in [1.807, 2.05) is 6.07 Å². The van der Waals surface area contributed by atoms with Gasteiger partial charge in [-0.1, -0.05) is 24.3 Å². The summed E-state index contributed by atoms with van der Waals surface area (Å²) in [6.07, 6.45) is 3.10. The summed E-state index contributed by atoms with van der Waals surface area (Å²) in [6.45, 7) is 0.244. The highest BCUT2D eigenvalue weighted by Crippen LogP contribution is 2.21. The number of furan rings is 1. The molecule has 0 radical (unpaired) electrons. The van der Waals surface area contributed by atoms with E-state index in [0.29, 0.717) is 11.5 Å². The molecule has 0 bridgehead atoms. The lowest BCUT2D eigenvalue weighted by molar-refractivity contribution is -0.120. The molecule has 1 aromatic carbocycles. The first kappa shape index (κ1) is 17.9. The van der Waals surface area contributed by atoms with Crippen LogP contribution < -0.4 is 5.32 Å². The van der Waals surface area contributed by atoms with Crippen molar-refractivity contribution in [3.05, 3.63) is 72.6 Å². The van der Waals surface area contributed by atoms with Crippen molar-refractivity contribution in [2.75, 3.05) is 5.75 Å². The third-order valence-electron chi connectivity index (χ3n) is 3.82. The molecule has 134 valence electrons. The van der Waals surface area contributed by atoms with Gasteiger partial charge in [0, 0.05) is 24.7 Å². The molecule has 0 saturated carbocycles. The Labute approximate surface area is 151 Å². The van der Waals surface area contributed by atoms with Crippen molar-refractivity contribution in [2.24, 2.45) is 0 Å². The Bertz CT molecular complexity index is 968. The first-order chi connectivity index (χ1) is 12.6. The Balaban J connectivity index is 1.59. The summed E-state index contributed by atoms with van der Waals surface area (Å²) in [6, 6.07) is 15.3. The van der Waals surface area contributed by atoms with Gasteiger partial charge in [0.05, 0.1) is 16.9 Å². The van der Waals surface area contributed by atoms with E-state index in [1.54, 1.807) is 48.9 Å². The number of hydrogen-bond acceptors (Lipinski definition) is 5. The Morgan fingerprint density at radius 2 is 1.85 bits per heavy atom. The number of benzene rings is 1. The zero-order chi connectivity index (χ0) is 18.4. The molecule has 0 aliphatic rings. The van der Waals surface area contributed by atoms with Crippen LogP contribution in [-0.4, -0.2) is 25.1 Å². The molecular weight excluding hydrogens is 352 g/mol. The third-order valence-corrected chi connectivity index (χ3v) is 5.55. The Morgan fingerprint density at radius 1 is 1.04 bits per heavy atom. The number of carbonyl (C=O) groups excluding carboxylic acids is 1. The Hall–Kier alpha value is -2.93. The summed E-state index contributed by atoms with van der Waals surface area (Å²) < 4.78 is 29.8. The predicted molar refractivity (Wildman–Crippen MR) is 96.9 cm³/mol. The fraction of sp³-hybridized carbons (Fsp3) is 0.158. The van der Waals surface area contributed by atoms with Crippen LogP contribution in [0.25, 0.3) is 11.5 Å². The largest absolute Gasteiger partial charge is 0.463 e. The molecule has 3 aromatic rings. The van der Waals surface area contributed by atoms with E-state index in [0.717, 1.165) is 5.56 Å². The molecule has 2 heterocycles. The van der Waals surface area contributed by atoms with Crippen LogP contribution in [0, 0.1) is 0 Å². The van der Waals surface area contributed by atoms with Crippen LogP contribution in [0.2, 0.25) is 0 Å². The molecule has 3 rings (SSSR count). The van der Waals surface area contributed by atoms with Crippen molar-refractivity contribution in [1.29, 1.82) is 0 Å². The maximum Gasteiger partial charge on any atom is 0.221 e. The lowest BCUT2D eigenvalue weighted by Gasteiger charge is -2.09. The van der Waals surface area contributed by atoms with Gasteiger partial charge in [-0.25, -0.2) is 8.42 Å². The quantitative estimate of drug-likeness (QED) is 0.691. The molecule has 26 heavy (non-hydrogen) atoms. The number of sulfone groups is 1. The monoisotopic (exact) mass is 370 g/mol. The number of amides is 1. The standard InChI is InChI=1S/C19H18N2O4S/c22-18(10-13-26(23,24)16-7-2-1-3-8-16)21-14-15-6-4-11-20-19(15)17-9-5-12-25-17/h1-9,11-12H,10,13-14H2,(H,21,22). The lowest BCUT2D eigenvalue weighted by Crippen LogP contribution is -2.25. The van der Waals surface area contributed by atoms with Gasteiger partial charge < -0.3 is 9.73 Å². The Morgan fingerprint density at radius 3 is 2.58 bits per heavy atom. The SMILES string of the molecule is O=C(CCS(=O)(=O)c1ccccc1)NCc1cccnc1-c1ccco1. The van der Waals surface area contributed by atoms with E-state index in [-0.39, 0.29) is 29.5 Å². The summed E-state index contributed by atoms with van der Waals surface area (Å²) in [5.41, 5.74) is 1.44. The molecule has 0 aliphatic heterocycles. The average Bonchev–Trinajstić information content (AvgIpc) is 3.20. The van der Waals surface area contributed by atoms with Crippen LogP contribution in [0.3, 0.4) is 0 Å². The van der Waals surface area contributed by atoms with E-state index < -0.39 is 9.84 Å². The van der Waals surface area contributed by atoms with Crippen LogP contribution in [0.4, 0.5) is 0 Å². The zero-order valence-electron chi connectivity index (χ0n) is 14.0.